The van der Waals surface area contributed by atoms with E-state index in [1.165, 1.54) is 5.56 Å². The number of rotatable bonds is 14. The average molecular weight is 474 g/mol. The van der Waals surface area contributed by atoms with Crippen LogP contribution in [-0.4, -0.2) is 49.1 Å². The molecule has 33 heavy (non-hydrogen) atoms. The lowest BCUT2D eigenvalue weighted by Crippen LogP contribution is -3.08. The van der Waals surface area contributed by atoms with Gasteiger partial charge >= 0.3 is 0 Å². The molecule has 0 bridgehead atoms. The largest absolute Gasteiger partial charge is 0.598 e. The summed E-state index contributed by atoms with van der Waals surface area (Å²) in [6.07, 6.45) is -0.143. The molecule has 9 heteroatoms. The minimum Gasteiger partial charge on any atom is -0.598 e. The molecule has 0 aromatic heterocycles. The van der Waals surface area contributed by atoms with E-state index in [1.54, 1.807) is 18.7 Å². The van der Waals surface area contributed by atoms with Crippen LogP contribution in [-0.2, 0) is 31.3 Å². The van der Waals surface area contributed by atoms with Crippen molar-refractivity contribution >= 4 is 23.6 Å². The number of epoxide rings is 1. The molecule has 1 fully saturated rings. The summed E-state index contributed by atoms with van der Waals surface area (Å²) in [6, 6.07) is 19.3. The number of benzene rings is 2. The normalized spacial score (nSPS) is 18.8. The van der Waals surface area contributed by atoms with Gasteiger partial charge in [-0.3, -0.25) is 9.59 Å². The van der Waals surface area contributed by atoms with Crippen molar-refractivity contribution in [3.8, 4) is 0 Å². The topological polar surface area (TPSA) is 107 Å². The van der Waals surface area contributed by atoms with Crippen LogP contribution in [0, 0.1) is 5.21 Å². The molecule has 0 radical (unpaired) electrons. The van der Waals surface area contributed by atoms with Gasteiger partial charge in [-0.2, -0.15) is 17.0 Å². The van der Waals surface area contributed by atoms with E-state index in [1.807, 2.05) is 48.5 Å². The van der Waals surface area contributed by atoms with Gasteiger partial charge in [-0.25, -0.2) is 4.84 Å². The Labute approximate surface area is 198 Å². The van der Waals surface area contributed by atoms with Gasteiger partial charge < -0.3 is 20.6 Å². The fourth-order valence-electron chi connectivity index (χ4n) is 3.29. The number of hydroxylamine groups is 2. The smallest absolute Gasteiger partial charge is 0.259 e. The summed E-state index contributed by atoms with van der Waals surface area (Å²) in [5, 5.41) is 16.9. The van der Waals surface area contributed by atoms with Crippen LogP contribution in [0.25, 0.3) is 0 Å². The highest BCUT2D eigenvalue weighted by atomic mass is 32.2. The van der Waals surface area contributed by atoms with Crippen molar-refractivity contribution in [3.63, 3.8) is 0 Å². The third-order valence-electron chi connectivity index (χ3n) is 5.08. The van der Waals surface area contributed by atoms with Gasteiger partial charge in [0.15, 0.2) is 0 Å². The van der Waals surface area contributed by atoms with Gasteiger partial charge in [-0.05, 0) is 30.9 Å². The summed E-state index contributed by atoms with van der Waals surface area (Å²) in [5.41, 5.74) is 2.36. The Hall–Kier alpha value is -2.43. The van der Waals surface area contributed by atoms with E-state index in [-0.39, 0.29) is 12.5 Å². The summed E-state index contributed by atoms with van der Waals surface area (Å²) in [7, 11) is 0. The van der Waals surface area contributed by atoms with Gasteiger partial charge in [-0.15, -0.1) is 0 Å². The lowest BCUT2D eigenvalue weighted by atomic mass is 10.1. The summed E-state index contributed by atoms with van der Waals surface area (Å²) in [4.78, 5) is 30.3. The molecule has 0 saturated carbocycles. The molecule has 1 heterocycles. The maximum absolute atomic E-state index is 12.8. The van der Waals surface area contributed by atoms with Gasteiger partial charge in [-0.1, -0.05) is 60.7 Å². The molecular formula is C24H31N3O5S. The number of hydrogen-bond donors (Lipinski definition) is 3. The molecule has 1 unspecified atom stereocenters. The number of aryl methyl sites for hydroxylation is 1. The monoisotopic (exact) mass is 473 g/mol. The van der Waals surface area contributed by atoms with E-state index < -0.39 is 29.5 Å². The maximum atomic E-state index is 12.8. The fraction of sp³-hybridized carbons (Fsp3) is 0.417. The quantitative estimate of drug-likeness (QED) is 0.216. The predicted molar refractivity (Wildman–Crippen MR) is 127 cm³/mol. The first kappa shape index (κ1) is 25.2. The standard InChI is InChI=1S/C24H31N3O5S/c1-2-31-27(30)24-21(32-24)23(29)26-20(17-33-16-19-12-7-4-8-13-19)22(28)25-15-9-14-18-10-5-3-6-11-18/h3-8,10-13,20-21,24,27H,2,9,14-17H2,1H3,(H,25,28)(H,26,29)/t20-,21+,24-/m0/s1. The van der Waals surface area contributed by atoms with E-state index in [9.17, 15) is 14.8 Å². The molecule has 2 aromatic carbocycles. The van der Waals surface area contributed by atoms with E-state index in [2.05, 4.69) is 22.8 Å². The number of thioether (sulfide) groups is 1. The Morgan fingerprint density at radius 2 is 1.79 bits per heavy atom. The molecule has 178 valence electrons. The zero-order valence-corrected chi connectivity index (χ0v) is 19.5. The minimum atomic E-state index is -0.906. The van der Waals surface area contributed by atoms with E-state index >= 15 is 0 Å². The highest BCUT2D eigenvalue weighted by molar-refractivity contribution is 7.98. The Bertz CT molecular complexity index is 871. The van der Waals surface area contributed by atoms with Crippen LogP contribution < -0.4 is 15.9 Å². The van der Waals surface area contributed by atoms with Crippen molar-refractivity contribution in [2.45, 2.75) is 43.9 Å². The second-order valence-electron chi connectivity index (χ2n) is 7.67. The van der Waals surface area contributed by atoms with Gasteiger partial charge in [0.25, 0.3) is 12.1 Å². The maximum Gasteiger partial charge on any atom is 0.259 e. The summed E-state index contributed by atoms with van der Waals surface area (Å²) < 4.78 is 5.17. The number of ether oxygens (including phenoxy) is 1. The molecule has 8 nitrogen and oxygen atoms in total. The number of amides is 2. The van der Waals surface area contributed by atoms with Crippen LogP contribution in [0.15, 0.2) is 60.7 Å². The molecule has 0 spiro atoms. The van der Waals surface area contributed by atoms with Gasteiger partial charge in [0.1, 0.15) is 12.6 Å². The third-order valence-corrected chi connectivity index (χ3v) is 6.19. The highest BCUT2D eigenvalue weighted by Crippen LogP contribution is 2.18. The predicted octanol–water partition coefficient (Wildman–Crippen LogP) is 1.21. The summed E-state index contributed by atoms with van der Waals surface area (Å²) >= 11 is 1.56. The van der Waals surface area contributed by atoms with Gasteiger partial charge in [0.05, 0.1) is 0 Å². The first-order valence-electron chi connectivity index (χ1n) is 11.1. The second kappa shape index (κ2) is 13.3. The molecule has 4 atom stereocenters. The van der Waals surface area contributed by atoms with Gasteiger partial charge in [0, 0.05) is 18.1 Å². The molecule has 0 aliphatic carbocycles. The lowest BCUT2D eigenvalue weighted by molar-refractivity contribution is -1.07. The fourth-order valence-corrected chi connectivity index (χ4v) is 4.31. The Morgan fingerprint density at radius 3 is 2.45 bits per heavy atom. The lowest BCUT2D eigenvalue weighted by Gasteiger charge is -2.19. The van der Waals surface area contributed by atoms with Crippen molar-refractivity contribution in [2.75, 3.05) is 18.9 Å². The van der Waals surface area contributed by atoms with Crippen LogP contribution in [0.4, 0.5) is 0 Å². The zero-order valence-electron chi connectivity index (χ0n) is 18.7. The van der Waals surface area contributed by atoms with Crippen molar-refractivity contribution in [1.29, 1.82) is 0 Å². The molecule has 3 rings (SSSR count). The van der Waals surface area contributed by atoms with E-state index in [4.69, 9.17) is 9.57 Å². The third kappa shape index (κ3) is 8.45. The molecule has 1 aliphatic rings. The molecule has 2 aromatic rings. The summed E-state index contributed by atoms with van der Waals surface area (Å²) in [6.45, 7) is 2.42. The summed E-state index contributed by atoms with van der Waals surface area (Å²) in [5.74, 6) is 0.407. The van der Waals surface area contributed by atoms with Crippen LogP contribution >= 0.6 is 11.8 Å². The van der Waals surface area contributed by atoms with Gasteiger partial charge in [0.2, 0.25) is 12.0 Å². The minimum absolute atomic E-state index is 0.219. The van der Waals surface area contributed by atoms with E-state index in [0.717, 1.165) is 24.2 Å². The van der Waals surface area contributed by atoms with Crippen LogP contribution in [0.5, 0.6) is 0 Å². The van der Waals surface area contributed by atoms with Crippen molar-refractivity contribution in [1.82, 2.24) is 10.6 Å². The van der Waals surface area contributed by atoms with Crippen LogP contribution in [0.2, 0.25) is 0 Å². The average Bonchev–Trinajstić information content (AvgIpc) is 3.64. The number of carbonyl (C=O) groups is 2. The van der Waals surface area contributed by atoms with Crippen molar-refractivity contribution in [2.24, 2.45) is 0 Å². The number of quaternary nitrogens is 1. The Balaban J connectivity index is 1.49. The van der Waals surface area contributed by atoms with Crippen LogP contribution in [0.3, 0.4) is 0 Å². The Kier molecular flexibility index (Phi) is 10.2. The molecule has 2 amide bonds. The SMILES string of the molecule is CCO[NH+]([O-])[C@H]1O[C@@H]1C(=O)N[C@@H](CSCc1ccccc1)C(=O)NCCCc1ccccc1. The molecule has 3 N–H and O–H groups in total. The number of nitrogens with one attached hydrogen (secondary N) is 3. The zero-order chi connectivity index (χ0) is 23.5. The molecule has 1 aliphatic heterocycles. The Morgan fingerprint density at radius 1 is 1.12 bits per heavy atom. The first-order chi connectivity index (χ1) is 16.1. The first-order valence-corrected chi connectivity index (χ1v) is 12.3. The molecule has 1 saturated heterocycles. The highest BCUT2D eigenvalue weighted by Gasteiger charge is 2.53. The van der Waals surface area contributed by atoms with Crippen LogP contribution in [0.1, 0.15) is 24.5 Å². The van der Waals surface area contributed by atoms with E-state index in [0.29, 0.717) is 12.3 Å². The van der Waals surface area contributed by atoms with Crippen molar-refractivity contribution < 1.29 is 24.4 Å². The van der Waals surface area contributed by atoms with Crippen molar-refractivity contribution in [3.05, 3.63) is 77.0 Å². The second-order valence-corrected chi connectivity index (χ2v) is 8.70. The number of carbonyl (C=O) groups excluding carboxylic acids is 2. The molecular weight excluding hydrogens is 442 g/mol. The number of hydrogen-bond acceptors (Lipinski definition) is 6.